The van der Waals surface area contributed by atoms with Gasteiger partial charge in [-0.1, -0.05) is 19.9 Å². The molecule has 0 radical (unpaired) electrons. The lowest BCUT2D eigenvalue weighted by Gasteiger charge is -2.04. The van der Waals surface area contributed by atoms with Gasteiger partial charge in [-0.3, -0.25) is 4.79 Å². The molecule has 2 aromatic heterocycles. The Morgan fingerprint density at radius 3 is 2.72 bits per heavy atom. The monoisotopic (exact) mass is 266 g/mol. The third-order valence-electron chi connectivity index (χ3n) is 2.51. The van der Waals surface area contributed by atoms with Crippen LogP contribution in [0.1, 0.15) is 24.2 Å². The lowest BCUT2D eigenvalue weighted by atomic mass is 10.3. The van der Waals surface area contributed by atoms with Gasteiger partial charge in [0.15, 0.2) is 21.1 Å². The van der Waals surface area contributed by atoms with Gasteiger partial charge >= 0.3 is 0 Å². The number of carbonyl (C=O) groups excluding carboxylic acids is 1. The average molecular weight is 266 g/mol. The van der Waals surface area contributed by atoms with E-state index in [4.69, 9.17) is 0 Å². The van der Waals surface area contributed by atoms with Gasteiger partial charge in [-0.2, -0.15) is 5.10 Å². The molecule has 0 atom stereocenters. The molecule has 0 bridgehead atoms. The standard InChI is InChI=1S/C12H14N2O3S/c1-9(2)8-18(16,17)12-10(7-15)11-5-3-4-6-14(11)13-12/h3-7,9H,8H2,1-2H3. The molecular weight excluding hydrogens is 252 g/mol. The highest BCUT2D eigenvalue weighted by molar-refractivity contribution is 7.91. The second-order valence-electron chi connectivity index (χ2n) is 4.54. The van der Waals surface area contributed by atoms with E-state index in [-0.39, 0.29) is 22.3 Å². The summed E-state index contributed by atoms with van der Waals surface area (Å²) in [5.74, 6) is -0.0307. The number of hydrogen-bond donors (Lipinski definition) is 0. The predicted octanol–water partition coefficient (Wildman–Crippen LogP) is 1.58. The van der Waals surface area contributed by atoms with Gasteiger partial charge in [-0.25, -0.2) is 12.9 Å². The van der Waals surface area contributed by atoms with Crippen LogP contribution in [0.15, 0.2) is 29.4 Å². The van der Waals surface area contributed by atoms with Crippen molar-refractivity contribution in [3.8, 4) is 0 Å². The molecule has 0 spiro atoms. The summed E-state index contributed by atoms with van der Waals surface area (Å²) in [5, 5.41) is 3.88. The summed E-state index contributed by atoms with van der Waals surface area (Å²) in [6.07, 6.45) is 2.17. The molecule has 2 rings (SSSR count). The summed E-state index contributed by atoms with van der Waals surface area (Å²) in [5.41, 5.74) is 0.645. The molecule has 2 aromatic rings. The van der Waals surface area contributed by atoms with Crippen molar-refractivity contribution in [1.82, 2.24) is 9.61 Å². The van der Waals surface area contributed by atoms with Crippen LogP contribution >= 0.6 is 0 Å². The van der Waals surface area contributed by atoms with Crippen LogP contribution in [0.3, 0.4) is 0 Å². The molecule has 18 heavy (non-hydrogen) atoms. The van der Waals surface area contributed by atoms with Crippen LogP contribution in [0.2, 0.25) is 0 Å². The molecular formula is C12H14N2O3S. The summed E-state index contributed by atoms with van der Waals surface area (Å²) in [6.45, 7) is 3.63. The second-order valence-corrected chi connectivity index (χ2v) is 6.49. The molecule has 0 amide bonds. The van der Waals surface area contributed by atoms with Gasteiger partial charge < -0.3 is 0 Å². The predicted molar refractivity (Wildman–Crippen MR) is 67.5 cm³/mol. The van der Waals surface area contributed by atoms with E-state index in [2.05, 4.69) is 5.10 Å². The van der Waals surface area contributed by atoms with Gasteiger partial charge in [0.1, 0.15) is 0 Å². The maximum atomic E-state index is 12.2. The largest absolute Gasteiger partial charge is 0.298 e. The number of aldehydes is 1. The number of pyridine rings is 1. The fraction of sp³-hybridized carbons (Fsp3) is 0.333. The van der Waals surface area contributed by atoms with Crippen LogP contribution in [0.25, 0.3) is 5.52 Å². The summed E-state index contributed by atoms with van der Waals surface area (Å²) < 4.78 is 25.7. The zero-order valence-electron chi connectivity index (χ0n) is 10.2. The SMILES string of the molecule is CC(C)CS(=O)(=O)c1nn2ccccc2c1C=O. The summed E-state index contributed by atoms with van der Waals surface area (Å²) in [6, 6.07) is 5.14. The minimum Gasteiger partial charge on any atom is -0.298 e. The second kappa shape index (κ2) is 4.53. The Kier molecular flexibility index (Phi) is 3.21. The average Bonchev–Trinajstić information content (AvgIpc) is 2.66. The molecule has 0 aliphatic heterocycles. The fourth-order valence-corrected chi connectivity index (χ4v) is 3.59. The third-order valence-corrected chi connectivity index (χ3v) is 4.51. The topological polar surface area (TPSA) is 68.5 Å². The van der Waals surface area contributed by atoms with Gasteiger partial charge in [-0.15, -0.1) is 0 Å². The van der Waals surface area contributed by atoms with Gasteiger partial charge in [0.25, 0.3) is 0 Å². The quantitative estimate of drug-likeness (QED) is 0.788. The third kappa shape index (κ3) is 2.15. The highest BCUT2D eigenvalue weighted by Crippen LogP contribution is 2.20. The minimum absolute atomic E-state index is 0.0145. The van der Waals surface area contributed by atoms with Crippen molar-refractivity contribution in [2.24, 2.45) is 5.92 Å². The Morgan fingerprint density at radius 1 is 1.39 bits per heavy atom. The number of sulfone groups is 1. The smallest absolute Gasteiger partial charge is 0.198 e. The van der Waals surface area contributed by atoms with Crippen molar-refractivity contribution in [1.29, 1.82) is 0 Å². The molecule has 0 saturated heterocycles. The van der Waals surface area contributed by atoms with Gasteiger partial charge in [0.05, 0.1) is 16.8 Å². The maximum Gasteiger partial charge on any atom is 0.198 e. The van der Waals surface area contributed by atoms with Crippen molar-refractivity contribution in [3.05, 3.63) is 30.0 Å². The van der Waals surface area contributed by atoms with Crippen LogP contribution in [0.4, 0.5) is 0 Å². The molecule has 0 N–H and O–H groups in total. The van der Waals surface area contributed by atoms with Gasteiger partial charge in [0.2, 0.25) is 0 Å². The van der Waals surface area contributed by atoms with E-state index < -0.39 is 9.84 Å². The fourth-order valence-electron chi connectivity index (χ4n) is 1.85. The lowest BCUT2D eigenvalue weighted by molar-refractivity contribution is 0.112. The molecule has 2 heterocycles. The van der Waals surface area contributed by atoms with Crippen LogP contribution in [0, 0.1) is 5.92 Å². The number of fused-ring (bicyclic) bond motifs is 1. The molecule has 0 aliphatic carbocycles. The van der Waals surface area contributed by atoms with Crippen LogP contribution < -0.4 is 0 Å². The van der Waals surface area contributed by atoms with E-state index in [1.807, 2.05) is 13.8 Å². The van der Waals surface area contributed by atoms with Crippen molar-refractivity contribution in [2.75, 3.05) is 5.75 Å². The lowest BCUT2D eigenvalue weighted by Crippen LogP contribution is -2.14. The van der Waals surface area contributed by atoms with E-state index in [9.17, 15) is 13.2 Å². The van der Waals surface area contributed by atoms with Crippen molar-refractivity contribution >= 4 is 21.6 Å². The van der Waals surface area contributed by atoms with Crippen LogP contribution in [-0.2, 0) is 9.84 Å². The van der Waals surface area contributed by atoms with E-state index in [0.717, 1.165) is 0 Å². The zero-order chi connectivity index (χ0) is 13.3. The van der Waals surface area contributed by atoms with Crippen LogP contribution in [0.5, 0.6) is 0 Å². The molecule has 5 nitrogen and oxygen atoms in total. The highest BCUT2D eigenvalue weighted by Gasteiger charge is 2.25. The number of carbonyl (C=O) groups is 1. The number of rotatable bonds is 4. The minimum atomic E-state index is -3.53. The number of hydrogen-bond acceptors (Lipinski definition) is 4. The maximum absolute atomic E-state index is 12.2. The molecule has 0 aliphatic rings. The molecule has 0 fully saturated rings. The first-order chi connectivity index (χ1) is 8.45. The molecule has 0 saturated carbocycles. The van der Waals surface area contributed by atoms with Crippen molar-refractivity contribution in [3.63, 3.8) is 0 Å². The Bertz CT molecular complexity index is 686. The molecule has 0 unspecified atom stereocenters. The Hall–Kier alpha value is -1.69. The Balaban J connectivity index is 2.68. The summed E-state index contributed by atoms with van der Waals surface area (Å²) in [4.78, 5) is 11.1. The van der Waals surface area contributed by atoms with Gasteiger partial charge in [0, 0.05) is 6.20 Å². The molecule has 0 aromatic carbocycles. The Labute approximate surface area is 105 Å². The van der Waals surface area contributed by atoms with Crippen molar-refractivity contribution in [2.45, 2.75) is 18.9 Å². The summed E-state index contributed by atoms with van der Waals surface area (Å²) >= 11 is 0. The van der Waals surface area contributed by atoms with Crippen LogP contribution in [-0.4, -0.2) is 30.1 Å². The Morgan fingerprint density at radius 2 is 2.11 bits per heavy atom. The normalized spacial score (nSPS) is 12.2. The van der Waals surface area contributed by atoms with Crippen molar-refractivity contribution < 1.29 is 13.2 Å². The number of aromatic nitrogens is 2. The number of nitrogens with zero attached hydrogens (tertiary/aromatic N) is 2. The van der Waals surface area contributed by atoms with E-state index in [1.54, 1.807) is 24.4 Å². The van der Waals surface area contributed by atoms with Gasteiger partial charge in [-0.05, 0) is 18.1 Å². The zero-order valence-corrected chi connectivity index (χ0v) is 11.0. The first-order valence-electron chi connectivity index (χ1n) is 5.61. The van der Waals surface area contributed by atoms with E-state index in [1.165, 1.54) is 4.52 Å². The first-order valence-corrected chi connectivity index (χ1v) is 7.26. The molecule has 6 heteroatoms. The highest BCUT2D eigenvalue weighted by atomic mass is 32.2. The summed E-state index contributed by atoms with van der Waals surface area (Å²) in [7, 11) is -3.53. The first kappa shape index (κ1) is 12.8. The van der Waals surface area contributed by atoms with E-state index in [0.29, 0.717) is 11.8 Å². The van der Waals surface area contributed by atoms with E-state index >= 15 is 0 Å². The molecule has 96 valence electrons.